The van der Waals surface area contributed by atoms with Gasteiger partial charge in [-0.05, 0) is 108 Å². The maximum atomic E-state index is 13.1. The standard InChI is InChI=1S/C28H41N3O2.C8H11NO/c1-21-11-13-27(17-23(21)3)33-20-26(24(4)29-5)12-10-22(2)28(32)31-16-8-9-25(19-31)18-30-14-6-7-15-30;1-3-5-6-8(4-2)9-7-10/h10-13,17,25,29H,4,6-9,14-16,18-20H2,1-3,5H3;3-7H,2H2,1H3,(H,9,10)/b22-10+,26-12-;5-3-,8-6+. The lowest BCUT2D eigenvalue weighted by molar-refractivity contribution is -0.129. The number of hydrogen-bond acceptors (Lipinski definition) is 5. The Labute approximate surface area is 259 Å². The zero-order valence-electron chi connectivity index (χ0n) is 27.0. The highest BCUT2D eigenvalue weighted by Crippen LogP contribution is 2.22. The summed E-state index contributed by atoms with van der Waals surface area (Å²) in [6.45, 7) is 21.3. The second-order valence-electron chi connectivity index (χ2n) is 11.2. The minimum atomic E-state index is 0.141. The number of allylic oxidation sites excluding steroid dienone is 6. The van der Waals surface area contributed by atoms with E-state index in [9.17, 15) is 9.59 Å². The Kier molecular flexibility index (Phi) is 15.9. The lowest BCUT2D eigenvalue weighted by Crippen LogP contribution is -2.43. The molecule has 0 aliphatic carbocycles. The molecule has 2 aliphatic heterocycles. The normalized spacial score (nSPS) is 18.1. The third-order valence-electron chi connectivity index (χ3n) is 7.87. The van der Waals surface area contributed by atoms with E-state index in [2.05, 4.69) is 54.7 Å². The van der Waals surface area contributed by atoms with Crippen LogP contribution in [0.4, 0.5) is 0 Å². The van der Waals surface area contributed by atoms with Crippen molar-refractivity contribution >= 4 is 12.3 Å². The molecular formula is C36H52N4O3. The van der Waals surface area contributed by atoms with Gasteiger partial charge in [-0.3, -0.25) is 9.59 Å². The zero-order valence-corrected chi connectivity index (χ0v) is 27.0. The second kappa shape index (κ2) is 19.4. The number of nitrogens with zero attached hydrogens (tertiary/aromatic N) is 2. The van der Waals surface area contributed by atoms with Crippen LogP contribution >= 0.6 is 0 Å². The van der Waals surface area contributed by atoms with E-state index >= 15 is 0 Å². The van der Waals surface area contributed by atoms with E-state index in [-0.39, 0.29) is 5.91 Å². The Morgan fingerprint density at radius 3 is 2.47 bits per heavy atom. The quantitative estimate of drug-likeness (QED) is 0.168. The fourth-order valence-corrected chi connectivity index (χ4v) is 5.08. The van der Waals surface area contributed by atoms with Crippen LogP contribution in [0.1, 0.15) is 50.7 Å². The van der Waals surface area contributed by atoms with Gasteiger partial charge in [-0.2, -0.15) is 0 Å². The van der Waals surface area contributed by atoms with E-state index < -0.39 is 0 Å². The van der Waals surface area contributed by atoms with E-state index in [1.807, 2.05) is 56.2 Å². The van der Waals surface area contributed by atoms with Gasteiger partial charge in [-0.1, -0.05) is 43.5 Å². The first-order valence-electron chi connectivity index (χ1n) is 15.3. The topological polar surface area (TPSA) is 73.9 Å². The van der Waals surface area contributed by atoms with Crippen LogP contribution in [0, 0.1) is 19.8 Å². The largest absolute Gasteiger partial charge is 0.489 e. The van der Waals surface area contributed by atoms with Gasteiger partial charge in [-0.15, -0.1) is 0 Å². The molecule has 234 valence electrons. The number of aryl methyl sites for hydroxylation is 2. The Morgan fingerprint density at radius 1 is 1.09 bits per heavy atom. The predicted octanol–water partition coefficient (Wildman–Crippen LogP) is 6.00. The molecule has 0 saturated carbocycles. The summed E-state index contributed by atoms with van der Waals surface area (Å²) in [5.74, 6) is 1.57. The van der Waals surface area contributed by atoms with Crippen molar-refractivity contribution in [3.05, 3.63) is 101 Å². The van der Waals surface area contributed by atoms with E-state index in [4.69, 9.17) is 4.74 Å². The van der Waals surface area contributed by atoms with Gasteiger partial charge in [0, 0.05) is 49.2 Å². The third-order valence-corrected chi connectivity index (χ3v) is 7.87. The van der Waals surface area contributed by atoms with Crippen LogP contribution in [-0.4, -0.2) is 68.5 Å². The molecule has 43 heavy (non-hydrogen) atoms. The van der Waals surface area contributed by atoms with Crippen molar-refractivity contribution in [1.82, 2.24) is 20.4 Å². The fraction of sp³-hybridized carbons (Fsp3) is 0.444. The molecule has 1 aromatic rings. The van der Waals surface area contributed by atoms with Gasteiger partial charge in [0.1, 0.15) is 12.4 Å². The van der Waals surface area contributed by atoms with Crippen LogP contribution in [0.5, 0.6) is 5.75 Å². The molecule has 0 radical (unpaired) electrons. The van der Waals surface area contributed by atoms with Crippen LogP contribution in [0.15, 0.2) is 90.4 Å². The first-order valence-corrected chi connectivity index (χ1v) is 15.3. The minimum Gasteiger partial charge on any atom is -0.489 e. The number of ether oxygens (including phenoxy) is 1. The Hall–Kier alpha value is -3.84. The summed E-state index contributed by atoms with van der Waals surface area (Å²) >= 11 is 0. The summed E-state index contributed by atoms with van der Waals surface area (Å²) in [4.78, 5) is 27.6. The molecule has 0 aromatic heterocycles. The molecule has 0 spiro atoms. The third kappa shape index (κ3) is 12.5. The number of nitrogens with one attached hydrogen (secondary N) is 2. The first-order chi connectivity index (χ1) is 20.7. The molecule has 2 fully saturated rings. The van der Waals surface area contributed by atoms with Crippen molar-refractivity contribution < 1.29 is 14.3 Å². The molecule has 7 nitrogen and oxygen atoms in total. The molecule has 2 heterocycles. The molecule has 2 aliphatic rings. The molecular weight excluding hydrogens is 536 g/mol. The molecule has 1 atom stereocenters. The number of rotatable bonds is 13. The zero-order chi connectivity index (χ0) is 31.6. The number of benzene rings is 1. The summed E-state index contributed by atoms with van der Waals surface area (Å²) in [7, 11) is 1.85. The lowest BCUT2D eigenvalue weighted by Gasteiger charge is -2.35. The van der Waals surface area contributed by atoms with Crippen LogP contribution in [0.3, 0.4) is 0 Å². The molecule has 2 saturated heterocycles. The van der Waals surface area contributed by atoms with Gasteiger partial charge in [0.05, 0.1) is 0 Å². The van der Waals surface area contributed by atoms with E-state index in [0.29, 0.717) is 24.6 Å². The first kappa shape index (κ1) is 35.4. The van der Waals surface area contributed by atoms with Gasteiger partial charge in [0.2, 0.25) is 12.3 Å². The van der Waals surface area contributed by atoms with E-state index in [0.717, 1.165) is 48.6 Å². The minimum absolute atomic E-state index is 0.141. The molecule has 1 aromatic carbocycles. The van der Waals surface area contributed by atoms with Crippen LogP contribution < -0.4 is 15.4 Å². The van der Waals surface area contributed by atoms with Crippen LogP contribution in [0.2, 0.25) is 0 Å². The van der Waals surface area contributed by atoms with Crippen molar-refractivity contribution in [1.29, 1.82) is 0 Å². The van der Waals surface area contributed by atoms with Gasteiger partial charge in [-0.25, -0.2) is 0 Å². The smallest absolute Gasteiger partial charge is 0.249 e. The monoisotopic (exact) mass is 588 g/mol. The SMILES string of the molecule is C=C(NC)/C(=C\C=C(/C)C(=O)N1CCCC(CN2CCCC2)C1)COc1ccc(C)c(C)c1.C=C/C(=C\C=C/C)NC=O. The molecule has 2 amide bonds. The number of hydrogen-bond donors (Lipinski definition) is 2. The Balaban J connectivity index is 0.000000553. The summed E-state index contributed by atoms with van der Waals surface area (Å²) in [5.41, 5.74) is 5.62. The van der Waals surface area contributed by atoms with Crippen molar-refractivity contribution in [2.75, 3.05) is 46.4 Å². The van der Waals surface area contributed by atoms with Crippen molar-refractivity contribution in [3.63, 3.8) is 0 Å². The maximum Gasteiger partial charge on any atom is 0.249 e. The average Bonchev–Trinajstić information content (AvgIpc) is 3.53. The highest BCUT2D eigenvalue weighted by molar-refractivity contribution is 5.93. The highest BCUT2D eigenvalue weighted by atomic mass is 16.5. The number of carbonyl (C=O) groups excluding carboxylic acids is 2. The van der Waals surface area contributed by atoms with E-state index in [1.54, 1.807) is 12.2 Å². The summed E-state index contributed by atoms with van der Waals surface area (Å²) in [5, 5.41) is 5.58. The van der Waals surface area contributed by atoms with Gasteiger partial charge in [0.25, 0.3) is 0 Å². The molecule has 7 heteroatoms. The van der Waals surface area contributed by atoms with Crippen LogP contribution in [-0.2, 0) is 9.59 Å². The number of likely N-dealkylation sites (N-methyl/N-ethyl adjacent to an activating group) is 1. The predicted molar refractivity (Wildman–Crippen MR) is 179 cm³/mol. The van der Waals surface area contributed by atoms with E-state index in [1.165, 1.54) is 43.5 Å². The number of carbonyl (C=O) groups is 2. The Morgan fingerprint density at radius 2 is 1.84 bits per heavy atom. The highest BCUT2D eigenvalue weighted by Gasteiger charge is 2.26. The lowest BCUT2D eigenvalue weighted by atomic mass is 9.97. The van der Waals surface area contributed by atoms with Crippen LogP contribution in [0.25, 0.3) is 0 Å². The fourth-order valence-electron chi connectivity index (χ4n) is 5.08. The van der Waals surface area contributed by atoms with Crippen molar-refractivity contribution in [3.8, 4) is 5.75 Å². The summed E-state index contributed by atoms with van der Waals surface area (Å²) < 4.78 is 6.02. The number of piperidine rings is 1. The van der Waals surface area contributed by atoms with Gasteiger partial charge >= 0.3 is 0 Å². The Bertz CT molecular complexity index is 1200. The molecule has 1 unspecified atom stereocenters. The van der Waals surface area contributed by atoms with Crippen molar-refractivity contribution in [2.45, 2.75) is 53.4 Å². The van der Waals surface area contributed by atoms with Crippen molar-refractivity contribution in [2.24, 2.45) is 5.92 Å². The van der Waals surface area contributed by atoms with Gasteiger partial charge < -0.3 is 25.2 Å². The van der Waals surface area contributed by atoms with Gasteiger partial charge in [0.15, 0.2) is 0 Å². The molecule has 0 bridgehead atoms. The summed E-state index contributed by atoms with van der Waals surface area (Å²) in [6, 6.07) is 6.11. The average molecular weight is 589 g/mol. The second-order valence-corrected chi connectivity index (χ2v) is 11.2. The molecule has 3 rings (SSSR count). The number of likely N-dealkylation sites (tertiary alicyclic amines) is 2. The number of amides is 2. The summed E-state index contributed by atoms with van der Waals surface area (Å²) in [6.07, 6.45) is 16.5. The molecule has 2 N–H and O–H groups in total. The maximum absolute atomic E-state index is 13.1.